The third-order valence-corrected chi connectivity index (χ3v) is 6.51. The van der Waals surface area contributed by atoms with Gasteiger partial charge in [-0.1, -0.05) is 6.92 Å². The van der Waals surface area contributed by atoms with Crippen LogP contribution in [0.5, 0.6) is 0 Å². The molecule has 0 aromatic carbocycles. The lowest BCUT2D eigenvalue weighted by Gasteiger charge is -2.20. The molecule has 0 amide bonds. The summed E-state index contributed by atoms with van der Waals surface area (Å²) >= 11 is 1.98. The van der Waals surface area contributed by atoms with Gasteiger partial charge in [-0.25, -0.2) is 8.42 Å². The third-order valence-electron chi connectivity index (χ3n) is 3.56. The maximum absolute atomic E-state index is 11.4. The van der Waals surface area contributed by atoms with Gasteiger partial charge in [-0.3, -0.25) is 0 Å². The van der Waals surface area contributed by atoms with E-state index in [-0.39, 0.29) is 17.5 Å². The van der Waals surface area contributed by atoms with E-state index in [2.05, 4.69) is 12.2 Å². The summed E-state index contributed by atoms with van der Waals surface area (Å²) in [6, 6.07) is 0.127. The predicted octanol–water partition coefficient (Wildman–Crippen LogP) is 0.408. The molecule has 1 heterocycles. The van der Waals surface area contributed by atoms with Crippen molar-refractivity contribution in [3.05, 3.63) is 0 Å². The Morgan fingerprint density at radius 2 is 2.12 bits per heavy atom. The van der Waals surface area contributed by atoms with Gasteiger partial charge >= 0.3 is 0 Å². The number of aliphatic hydroxyl groups is 1. The van der Waals surface area contributed by atoms with Gasteiger partial charge in [-0.05, 0) is 25.0 Å². The van der Waals surface area contributed by atoms with Crippen molar-refractivity contribution in [1.82, 2.24) is 5.32 Å². The summed E-state index contributed by atoms with van der Waals surface area (Å²) in [6.07, 6.45) is 2.67. The maximum atomic E-state index is 11.4. The Morgan fingerprint density at radius 1 is 1.35 bits per heavy atom. The molecule has 0 bridgehead atoms. The van der Waals surface area contributed by atoms with E-state index < -0.39 is 15.9 Å². The lowest BCUT2D eigenvalue weighted by Crippen LogP contribution is -2.44. The van der Waals surface area contributed by atoms with E-state index in [1.807, 2.05) is 11.8 Å². The normalized spacial score (nSPS) is 40.8. The zero-order chi connectivity index (χ0) is 12.5. The number of aliphatic hydroxyl groups excluding tert-OH is 1. The first-order valence-corrected chi connectivity index (χ1v) is 9.13. The first kappa shape index (κ1) is 13.6. The van der Waals surface area contributed by atoms with E-state index in [9.17, 15) is 13.5 Å². The Labute approximate surface area is 107 Å². The Hall–Kier alpha value is 0.220. The zero-order valence-electron chi connectivity index (χ0n) is 10.1. The molecular weight excluding hydrogens is 258 g/mol. The lowest BCUT2D eigenvalue weighted by atomic mass is 10.1. The van der Waals surface area contributed by atoms with Crippen molar-refractivity contribution in [2.75, 3.05) is 17.3 Å². The molecule has 1 aliphatic heterocycles. The topological polar surface area (TPSA) is 66.4 Å². The van der Waals surface area contributed by atoms with Crippen LogP contribution in [0.4, 0.5) is 0 Å². The number of hydrogen-bond donors (Lipinski definition) is 2. The average molecular weight is 279 g/mol. The van der Waals surface area contributed by atoms with Crippen molar-refractivity contribution >= 4 is 21.6 Å². The fraction of sp³-hybridized carbons (Fsp3) is 1.00. The molecule has 4 nitrogen and oxygen atoms in total. The molecule has 1 saturated heterocycles. The number of nitrogens with one attached hydrogen (secondary N) is 1. The van der Waals surface area contributed by atoms with Crippen LogP contribution in [0.3, 0.4) is 0 Å². The highest BCUT2D eigenvalue weighted by Gasteiger charge is 2.38. The Balaban J connectivity index is 1.83. The number of thioether (sulfide) groups is 1. The summed E-state index contributed by atoms with van der Waals surface area (Å²) in [5.74, 6) is 1.15. The number of hydrogen-bond acceptors (Lipinski definition) is 5. The first-order valence-electron chi connectivity index (χ1n) is 6.26. The van der Waals surface area contributed by atoms with Gasteiger partial charge < -0.3 is 10.4 Å². The summed E-state index contributed by atoms with van der Waals surface area (Å²) in [5, 5.41) is 13.7. The molecule has 0 radical (unpaired) electrons. The second-order valence-electron chi connectivity index (χ2n) is 5.00. The van der Waals surface area contributed by atoms with Crippen molar-refractivity contribution < 1.29 is 13.5 Å². The zero-order valence-corrected chi connectivity index (χ0v) is 11.8. The molecule has 1 saturated carbocycles. The highest BCUT2D eigenvalue weighted by molar-refractivity contribution is 7.99. The van der Waals surface area contributed by atoms with Crippen molar-refractivity contribution in [2.45, 2.75) is 49.6 Å². The number of sulfone groups is 1. The van der Waals surface area contributed by atoms with Crippen LogP contribution in [0.15, 0.2) is 0 Å². The highest BCUT2D eigenvalue weighted by atomic mass is 32.2. The summed E-state index contributed by atoms with van der Waals surface area (Å²) in [5.41, 5.74) is 0. The maximum Gasteiger partial charge on any atom is 0.154 e. The molecule has 17 heavy (non-hydrogen) atoms. The minimum absolute atomic E-state index is 0.0788. The monoisotopic (exact) mass is 279 g/mol. The van der Waals surface area contributed by atoms with Crippen LogP contribution < -0.4 is 5.32 Å². The second kappa shape index (κ2) is 5.47. The molecule has 0 aromatic rings. The highest BCUT2D eigenvalue weighted by Crippen LogP contribution is 2.30. The fourth-order valence-corrected chi connectivity index (χ4v) is 5.67. The van der Waals surface area contributed by atoms with Crippen LogP contribution in [0.2, 0.25) is 0 Å². The summed E-state index contributed by atoms with van der Waals surface area (Å²) in [4.78, 5) is 0. The summed E-state index contributed by atoms with van der Waals surface area (Å²) in [7, 11) is -3.03. The van der Waals surface area contributed by atoms with Crippen molar-refractivity contribution in [1.29, 1.82) is 0 Å². The van der Waals surface area contributed by atoms with E-state index >= 15 is 0 Å². The standard InChI is InChI=1S/C11H21NO3S2/c1-2-16-9-4-3-8(5-9)12-10-6-17(14,15)7-11(10)13/h8-13H,2-7H2,1H3. The molecule has 6 heteroatoms. The van der Waals surface area contributed by atoms with Gasteiger partial charge in [-0.2, -0.15) is 11.8 Å². The smallest absolute Gasteiger partial charge is 0.154 e. The molecule has 2 aliphatic rings. The fourth-order valence-electron chi connectivity index (χ4n) is 2.77. The van der Waals surface area contributed by atoms with E-state index in [1.54, 1.807) is 0 Å². The minimum Gasteiger partial charge on any atom is -0.390 e. The van der Waals surface area contributed by atoms with Crippen LogP contribution in [0, 0.1) is 0 Å². The van der Waals surface area contributed by atoms with Crippen LogP contribution >= 0.6 is 11.8 Å². The quantitative estimate of drug-likeness (QED) is 0.780. The van der Waals surface area contributed by atoms with Gasteiger partial charge in [0.15, 0.2) is 9.84 Å². The van der Waals surface area contributed by atoms with Gasteiger partial charge in [-0.15, -0.1) is 0 Å². The first-order chi connectivity index (χ1) is 8.00. The molecule has 0 aromatic heterocycles. The van der Waals surface area contributed by atoms with Crippen LogP contribution in [-0.2, 0) is 9.84 Å². The van der Waals surface area contributed by atoms with E-state index in [0.717, 1.165) is 18.6 Å². The van der Waals surface area contributed by atoms with Gasteiger partial charge in [0.1, 0.15) is 0 Å². The average Bonchev–Trinajstić information content (AvgIpc) is 2.73. The van der Waals surface area contributed by atoms with Crippen molar-refractivity contribution in [3.63, 3.8) is 0 Å². The van der Waals surface area contributed by atoms with Gasteiger partial charge in [0.25, 0.3) is 0 Å². The molecule has 4 atom stereocenters. The molecule has 1 aliphatic carbocycles. The molecular formula is C11H21NO3S2. The SMILES string of the molecule is CCSC1CCC(NC2CS(=O)(=O)CC2O)C1. The Morgan fingerprint density at radius 3 is 2.71 bits per heavy atom. The Bertz CT molecular complexity index is 358. The van der Waals surface area contributed by atoms with Crippen LogP contribution in [-0.4, -0.2) is 54.2 Å². The lowest BCUT2D eigenvalue weighted by molar-refractivity contribution is 0.159. The predicted molar refractivity (Wildman–Crippen MR) is 71.1 cm³/mol. The molecule has 0 spiro atoms. The minimum atomic E-state index is -3.03. The van der Waals surface area contributed by atoms with Gasteiger partial charge in [0, 0.05) is 17.3 Å². The molecule has 2 fully saturated rings. The van der Waals surface area contributed by atoms with E-state index in [4.69, 9.17) is 0 Å². The van der Waals surface area contributed by atoms with Crippen LogP contribution in [0.1, 0.15) is 26.2 Å². The Kier molecular flexibility index (Phi) is 4.39. The van der Waals surface area contributed by atoms with Gasteiger partial charge in [0.2, 0.25) is 0 Å². The largest absolute Gasteiger partial charge is 0.390 e. The summed E-state index contributed by atoms with van der Waals surface area (Å²) < 4.78 is 22.8. The van der Waals surface area contributed by atoms with Crippen LogP contribution in [0.25, 0.3) is 0 Å². The molecule has 2 N–H and O–H groups in total. The third kappa shape index (κ3) is 3.59. The van der Waals surface area contributed by atoms with Gasteiger partial charge in [0.05, 0.1) is 17.6 Å². The van der Waals surface area contributed by atoms with E-state index in [1.165, 1.54) is 6.42 Å². The molecule has 4 unspecified atom stereocenters. The summed E-state index contributed by atoms with van der Waals surface area (Å²) in [6.45, 7) is 2.17. The number of rotatable bonds is 4. The molecule has 2 rings (SSSR count). The second-order valence-corrected chi connectivity index (χ2v) is 8.74. The van der Waals surface area contributed by atoms with Crippen molar-refractivity contribution in [2.24, 2.45) is 0 Å². The van der Waals surface area contributed by atoms with E-state index in [0.29, 0.717) is 11.3 Å². The van der Waals surface area contributed by atoms with Crippen molar-refractivity contribution in [3.8, 4) is 0 Å². The molecule has 100 valence electrons.